The Labute approximate surface area is 96.4 Å². The van der Waals surface area contributed by atoms with Crippen LogP contribution in [-0.2, 0) is 9.59 Å². The average Bonchev–Trinajstić information content (AvgIpc) is 2.20. The molecule has 2 atom stereocenters. The molecule has 4 heteroatoms. The van der Waals surface area contributed by atoms with Crippen molar-refractivity contribution < 1.29 is 9.59 Å². The van der Waals surface area contributed by atoms with Gasteiger partial charge in [0.05, 0.1) is 13.1 Å². The van der Waals surface area contributed by atoms with Crippen molar-refractivity contribution in [2.75, 3.05) is 19.6 Å². The minimum atomic E-state index is -0.153. The van der Waals surface area contributed by atoms with Crippen molar-refractivity contribution in [3.8, 4) is 0 Å². The van der Waals surface area contributed by atoms with Gasteiger partial charge in [-0.2, -0.15) is 0 Å². The third-order valence-electron chi connectivity index (χ3n) is 3.80. The summed E-state index contributed by atoms with van der Waals surface area (Å²) < 4.78 is 0. The van der Waals surface area contributed by atoms with E-state index in [0.29, 0.717) is 19.0 Å². The predicted molar refractivity (Wildman–Crippen MR) is 60.7 cm³/mol. The van der Waals surface area contributed by atoms with E-state index in [-0.39, 0.29) is 11.8 Å². The number of carbonyl (C=O) groups is 2. The van der Waals surface area contributed by atoms with E-state index in [2.05, 4.69) is 12.2 Å². The third kappa shape index (κ3) is 2.82. The molecule has 90 valence electrons. The zero-order valence-corrected chi connectivity index (χ0v) is 9.87. The highest BCUT2D eigenvalue weighted by atomic mass is 16.2. The summed E-state index contributed by atoms with van der Waals surface area (Å²) in [6.07, 6.45) is 5.16. The fourth-order valence-corrected chi connectivity index (χ4v) is 2.82. The van der Waals surface area contributed by atoms with Crippen molar-refractivity contribution in [3.05, 3.63) is 0 Å². The number of piperazine rings is 1. The van der Waals surface area contributed by atoms with Crippen LogP contribution in [0.3, 0.4) is 0 Å². The fraction of sp³-hybridized carbons (Fsp3) is 0.833. The van der Waals surface area contributed by atoms with Crippen molar-refractivity contribution in [1.29, 1.82) is 0 Å². The van der Waals surface area contributed by atoms with Crippen LogP contribution in [0.1, 0.15) is 32.6 Å². The molecule has 0 aromatic heterocycles. The highest BCUT2D eigenvalue weighted by molar-refractivity contribution is 5.99. The summed E-state index contributed by atoms with van der Waals surface area (Å²) >= 11 is 0. The van der Waals surface area contributed by atoms with Gasteiger partial charge in [0.2, 0.25) is 11.8 Å². The molecule has 16 heavy (non-hydrogen) atoms. The van der Waals surface area contributed by atoms with Crippen LogP contribution < -0.4 is 5.32 Å². The van der Waals surface area contributed by atoms with E-state index in [4.69, 9.17) is 0 Å². The van der Waals surface area contributed by atoms with Crippen molar-refractivity contribution in [2.24, 2.45) is 11.8 Å². The zero-order chi connectivity index (χ0) is 11.5. The first kappa shape index (κ1) is 11.6. The van der Waals surface area contributed by atoms with Gasteiger partial charge in [-0.25, -0.2) is 0 Å². The average molecular weight is 224 g/mol. The largest absolute Gasteiger partial charge is 0.294 e. The summed E-state index contributed by atoms with van der Waals surface area (Å²) in [6, 6.07) is 0. The molecule has 2 aliphatic rings. The van der Waals surface area contributed by atoms with E-state index in [9.17, 15) is 9.59 Å². The Morgan fingerprint density at radius 1 is 1.19 bits per heavy atom. The lowest BCUT2D eigenvalue weighted by Gasteiger charge is -2.34. The van der Waals surface area contributed by atoms with E-state index < -0.39 is 0 Å². The maximum Gasteiger partial charge on any atom is 0.240 e. The lowest BCUT2D eigenvalue weighted by atomic mass is 9.80. The summed E-state index contributed by atoms with van der Waals surface area (Å²) in [5, 5.41) is 2.34. The van der Waals surface area contributed by atoms with E-state index in [1.54, 1.807) is 0 Å². The number of amides is 2. The van der Waals surface area contributed by atoms with Crippen LogP contribution in [0.15, 0.2) is 0 Å². The van der Waals surface area contributed by atoms with Crippen LogP contribution in [0.5, 0.6) is 0 Å². The van der Waals surface area contributed by atoms with E-state index in [1.807, 2.05) is 4.90 Å². The number of rotatable bonds is 2. The second-order valence-corrected chi connectivity index (χ2v) is 5.16. The topological polar surface area (TPSA) is 49.4 Å². The molecule has 1 N–H and O–H groups in total. The number of carbonyl (C=O) groups excluding carboxylic acids is 2. The monoisotopic (exact) mass is 224 g/mol. The maximum absolute atomic E-state index is 11.2. The summed E-state index contributed by atoms with van der Waals surface area (Å²) in [5.41, 5.74) is 0. The summed E-state index contributed by atoms with van der Waals surface area (Å²) in [5.74, 6) is 1.08. The lowest BCUT2D eigenvalue weighted by Crippen LogP contribution is -2.52. The van der Waals surface area contributed by atoms with Gasteiger partial charge >= 0.3 is 0 Å². The molecule has 0 spiro atoms. The Kier molecular flexibility index (Phi) is 3.59. The molecule has 0 aromatic rings. The van der Waals surface area contributed by atoms with Gasteiger partial charge < -0.3 is 0 Å². The number of nitrogens with one attached hydrogen (secondary N) is 1. The number of hydrogen-bond donors (Lipinski definition) is 1. The molecular formula is C12H20N2O2. The van der Waals surface area contributed by atoms with Gasteiger partial charge in [-0.3, -0.25) is 19.8 Å². The third-order valence-corrected chi connectivity index (χ3v) is 3.80. The maximum atomic E-state index is 11.2. The summed E-state index contributed by atoms with van der Waals surface area (Å²) in [4.78, 5) is 24.5. The van der Waals surface area contributed by atoms with Crippen LogP contribution in [0, 0.1) is 11.8 Å². The van der Waals surface area contributed by atoms with Gasteiger partial charge in [0.15, 0.2) is 0 Å². The van der Waals surface area contributed by atoms with Gasteiger partial charge in [-0.05, 0) is 18.3 Å². The lowest BCUT2D eigenvalue weighted by molar-refractivity contribution is -0.136. The molecular weight excluding hydrogens is 204 g/mol. The molecule has 1 heterocycles. The van der Waals surface area contributed by atoms with Crippen LogP contribution in [0.4, 0.5) is 0 Å². The summed E-state index contributed by atoms with van der Waals surface area (Å²) in [7, 11) is 0. The fourth-order valence-electron chi connectivity index (χ4n) is 2.82. The molecule has 2 amide bonds. The minimum absolute atomic E-state index is 0.153. The van der Waals surface area contributed by atoms with Gasteiger partial charge in [0.1, 0.15) is 0 Å². The summed E-state index contributed by atoms with van der Waals surface area (Å²) in [6.45, 7) is 3.96. The Bertz CT molecular complexity index is 275. The smallest absolute Gasteiger partial charge is 0.240 e. The van der Waals surface area contributed by atoms with Crippen LogP contribution in [-0.4, -0.2) is 36.3 Å². The van der Waals surface area contributed by atoms with Crippen molar-refractivity contribution in [1.82, 2.24) is 10.2 Å². The van der Waals surface area contributed by atoms with Gasteiger partial charge in [0, 0.05) is 6.54 Å². The van der Waals surface area contributed by atoms with E-state index in [1.165, 1.54) is 25.7 Å². The molecule has 0 bridgehead atoms. The Morgan fingerprint density at radius 3 is 2.44 bits per heavy atom. The molecule has 0 radical (unpaired) electrons. The SMILES string of the molecule is CC1CCCCC1CN1CC(=O)NC(=O)C1. The number of imide groups is 1. The minimum Gasteiger partial charge on any atom is -0.294 e. The van der Waals surface area contributed by atoms with Crippen LogP contribution in [0.2, 0.25) is 0 Å². The first-order valence-corrected chi connectivity index (χ1v) is 6.20. The Morgan fingerprint density at radius 2 is 1.81 bits per heavy atom. The Hall–Kier alpha value is -0.900. The highest BCUT2D eigenvalue weighted by Crippen LogP contribution is 2.30. The first-order valence-electron chi connectivity index (χ1n) is 6.20. The molecule has 2 rings (SSSR count). The number of hydrogen-bond acceptors (Lipinski definition) is 3. The molecule has 1 saturated carbocycles. The molecule has 2 unspecified atom stereocenters. The Balaban J connectivity index is 1.88. The first-order chi connectivity index (χ1) is 7.65. The molecule has 2 fully saturated rings. The van der Waals surface area contributed by atoms with Gasteiger partial charge in [0.25, 0.3) is 0 Å². The molecule has 1 aliphatic carbocycles. The van der Waals surface area contributed by atoms with Gasteiger partial charge in [-0.1, -0.05) is 26.2 Å². The quantitative estimate of drug-likeness (QED) is 0.705. The van der Waals surface area contributed by atoms with E-state index in [0.717, 1.165) is 12.5 Å². The molecule has 1 aliphatic heterocycles. The second-order valence-electron chi connectivity index (χ2n) is 5.16. The molecule has 0 aromatic carbocycles. The van der Waals surface area contributed by atoms with Crippen LogP contribution >= 0.6 is 0 Å². The highest BCUT2D eigenvalue weighted by Gasteiger charge is 2.28. The van der Waals surface area contributed by atoms with Crippen molar-refractivity contribution in [3.63, 3.8) is 0 Å². The predicted octanol–water partition coefficient (Wildman–Crippen LogP) is 0.771. The standard InChI is InChI=1S/C12H20N2O2/c1-9-4-2-3-5-10(9)6-14-7-11(15)13-12(16)8-14/h9-10H,2-8H2,1H3,(H,13,15,16). The van der Waals surface area contributed by atoms with Crippen molar-refractivity contribution >= 4 is 11.8 Å². The zero-order valence-electron chi connectivity index (χ0n) is 9.87. The molecule has 4 nitrogen and oxygen atoms in total. The molecule has 1 saturated heterocycles. The number of nitrogens with zero attached hydrogens (tertiary/aromatic N) is 1. The van der Waals surface area contributed by atoms with E-state index >= 15 is 0 Å². The second kappa shape index (κ2) is 4.95. The van der Waals surface area contributed by atoms with Crippen LogP contribution in [0.25, 0.3) is 0 Å². The van der Waals surface area contributed by atoms with Gasteiger partial charge in [-0.15, -0.1) is 0 Å². The van der Waals surface area contributed by atoms with Crippen molar-refractivity contribution in [2.45, 2.75) is 32.6 Å². The normalized spacial score (nSPS) is 32.6.